The molecule has 0 spiro atoms. The molecular formula is C20H16FN3S. The minimum Gasteiger partial charge on any atom is -0.360 e. The van der Waals surface area contributed by atoms with E-state index in [1.807, 2.05) is 43.5 Å². The third-order valence-corrected chi connectivity index (χ3v) is 4.65. The molecule has 2 aromatic carbocycles. The maximum Gasteiger partial charge on any atom is 0.136 e. The van der Waals surface area contributed by atoms with E-state index in [0.29, 0.717) is 16.3 Å². The van der Waals surface area contributed by atoms with Crippen molar-refractivity contribution >= 4 is 22.6 Å². The molecule has 0 atom stereocenters. The SMILES string of the molecule is Cc1ccc(-c2csc(/C(C#N)=C/Nc3cc(F)ccc3C)n2)cc1. The maximum atomic E-state index is 13.4. The molecule has 0 aliphatic rings. The number of halogens is 1. The van der Waals surface area contributed by atoms with Crippen LogP contribution < -0.4 is 5.32 Å². The number of rotatable bonds is 4. The van der Waals surface area contributed by atoms with Crippen molar-refractivity contribution in [3.63, 3.8) is 0 Å². The molecule has 0 aliphatic carbocycles. The second kappa shape index (κ2) is 7.29. The lowest BCUT2D eigenvalue weighted by Gasteiger charge is -2.05. The van der Waals surface area contributed by atoms with Crippen LogP contribution in [0.15, 0.2) is 54.0 Å². The predicted octanol–water partition coefficient (Wildman–Crippen LogP) is 5.54. The van der Waals surface area contributed by atoms with Crippen molar-refractivity contribution in [2.24, 2.45) is 0 Å². The van der Waals surface area contributed by atoms with Crippen LogP contribution >= 0.6 is 11.3 Å². The fraction of sp³-hybridized carbons (Fsp3) is 0.100. The lowest BCUT2D eigenvalue weighted by molar-refractivity contribution is 0.628. The van der Waals surface area contributed by atoms with Crippen molar-refractivity contribution in [3.8, 4) is 17.3 Å². The highest BCUT2D eigenvalue weighted by Gasteiger charge is 2.09. The molecule has 0 amide bonds. The summed E-state index contributed by atoms with van der Waals surface area (Å²) < 4.78 is 13.4. The number of allylic oxidation sites excluding steroid dienone is 1. The number of nitrogens with zero attached hydrogens (tertiary/aromatic N) is 2. The standard InChI is InChI=1S/C20H16FN3S/c1-13-3-6-15(7-4-13)19-12-25-20(24-19)16(10-22)11-23-18-9-17(21)8-5-14(18)2/h3-9,11-12,23H,1-2H3/b16-11+. The number of hydrogen-bond donors (Lipinski definition) is 1. The van der Waals surface area contributed by atoms with Gasteiger partial charge in [0.05, 0.1) is 5.69 Å². The van der Waals surface area contributed by atoms with Gasteiger partial charge in [-0.1, -0.05) is 35.9 Å². The number of thiazole rings is 1. The smallest absolute Gasteiger partial charge is 0.136 e. The van der Waals surface area contributed by atoms with E-state index >= 15 is 0 Å². The first-order valence-electron chi connectivity index (χ1n) is 7.73. The Balaban J connectivity index is 1.85. The van der Waals surface area contributed by atoms with Gasteiger partial charge in [0.1, 0.15) is 22.5 Å². The van der Waals surface area contributed by atoms with Crippen molar-refractivity contribution in [2.45, 2.75) is 13.8 Å². The fourth-order valence-corrected chi connectivity index (χ4v) is 3.09. The van der Waals surface area contributed by atoms with Crippen LogP contribution in [0, 0.1) is 31.0 Å². The molecule has 0 bridgehead atoms. The summed E-state index contributed by atoms with van der Waals surface area (Å²) in [6.07, 6.45) is 1.57. The first-order chi connectivity index (χ1) is 12.1. The van der Waals surface area contributed by atoms with Gasteiger partial charge in [-0.15, -0.1) is 11.3 Å². The van der Waals surface area contributed by atoms with Crippen LogP contribution in [-0.2, 0) is 0 Å². The Labute approximate surface area is 150 Å². The van der Waals surface area contributed by atoms with Crippen molar-refractivity contribution < 1.29 is 4.39 Å². The van der Waals surface area contributed by atoms with Crippen LogP contribution in [0.1, 0.15) is 16.1 Å². The lowest BCUT2D eigenvalue weighted by atomic mass is 10.1. The summed E-state index contributed by atoms with van der Waals surface area (Å²) in [5, 5.41) is 15.0. The average Bonchev–Trinajstić information content (AvgIpc) is 3.09. The molecule has 3 rings (SSSR count). The lowest BCUT2D eigenvalue weighted by Crippen LogP contribution is -1.94. The van der Waals surface area contributed by atoms with Crippen molar-refractivity contribution in [3.05, 3.63) is 76.0 Å². The first kappa shape index (κ1) is 16.9. The molecule has 0 saturated carbocycles. The highest BCUT2D eigenvalue weighted by molar-refractivity contribution is 7.11. The molecule has 0 fully saturated rings. The van der Waals surface area contributed by atoms with Crippen molar-refractivity contribution in [2.75, 3.05) is 5.32 Å². The molecule has 124 valence electrons. The van der Waals surface area contributed by atoms with Gasteiger partial charge in [-0.25, -0.2) is 9.37 Å². The number of nitrogens with one attached hydrogen (secondary N) is 1. The molecule has 3 aromatic rings. The van der Waals surface area contributed by atoms with E-state index in [9.17, 15) is 9.65 Å². The van der Waals surface area contributed by atoms with E-state index in [1.54, 1.807) is 12.3 Å². The minimum atomic E-state index is -0.323. The molecule has 0 aliphatic heterocycles. The summed E-state index contributed by atoms with van der Waals surface area (Å²) in [5.41, 5.74) is 4.97. The third-order valence-electron chi connectivity index (χ3n) is 3.77. The first-order valence-corrected chi connectivity index (χ1v) is 8.60. The average molecular weight is 349 g/mol. The summed E-state index contributed by atoms with van der Waals surface area (Å²) in [6, 6.07) is 14.7. The summed E-state index contributed by atoms with van der Waals surface area (Å²) in [4.78, 5) is 4.55. The number of aromatic nitrogens is 1. The van der Waals surface area contributed by atoms with Gasteiger partial charge in [0.25, 0.3) is 0 Å². The van der Waals surface area contributed by atoms with Gasteiger partial charge in [0.15, 0.2) is 0 Å². The van der Waals surface area contributed by atoms with E-state index in [-0.39, 0.29) is 5.82 Å². The van der Waals surface area contributed by atoms with Crippen molar-refractivity contribution in [1.82, 2.24) is 4.98 Å². The van der Waals surface area contributed by atoms with Crippen LogP contribution in [0.3, 0.4) is 0 Å². The zero-order chi connectivity index (χ0) is 17.8. The number of benzene rings is 2. The van der Waals surface area contributed by atoms with Crippen LogP contribution in [-0.4, -0.2) is 4.98 Å². The molecule has 0 radical (unpaired) electrons. The van der Waals surface area contributed by atoms with Gasteiger partial charge < -0.3 is 5.32 Å². The predicted molar refractivity (Wildman–Crippen MR) is 101 cm³/mol. The van der Waals surface area contributed by atoms with Crippen LogP contribution in [0.25, 0.3) is 16.8 Å². The molecular weight excluding hydrogens is 333 g/mol. The molecule has 0 saturated heterocycles. The quantitative estimate of drug-likeness (QED) is 0.629. The molecule has 0 unspecified atom stereocenters. The summed E-state index contributed by atoms with van der Waals surface area (Å²) in [5.74, 6) is -0.323. The topological polar surface area (TPSA) is 48.7 Å². The monoisotopic (exact) mass is 349 g/mol. The molecule has 5 heteroatoms. The zero-order valence-electron chi connectivity index (χ0n) is 13.9. The fourth-order valence-electron chi connectivity index (χ4n) is 2.30. The molecule has 1 N–H and O–H groups in total. The van der Waals surface area contributed by atoms with Crippen LogP contribution in [0.2, 0.25) is 0 Å². The summed E-state index contributed by atoms with van der Waals surface area (Å²) in [6.45, 7) is 3.91. The Bertz CT molecular complexity index is 965. The number of hydrogen-bond acceptors (Lipinski definition) is 4. The van der Waals surface area contributed by atoms with Gasteiger partial charge in [-0.05, 0) is 31.5 Å². The molecule has 25 heavy (non-hydrogen) atoms. The molecule has 1 heterocycles. The maximum absolute atomic E-state index is 13.4. The second-order valence-electron chi connectivity index (χ2n) is 5.68. The van der Waals surface area contributed by atoms with Crippen LogP contribution in [0.4, 0.5) is 10.1 Å². The Kier molecular flexibility index (Phi) is 4.92. The molecule has 1 aromatic heterocycles. The Morgan fingerprint density at radius 2 is 1.96 bits per heavy atom. The highest BCUT2D eigenvalue weighted by atomic mass is 32.1. The third kappa shape index (κ3) is 3.93. The van der Waals surface area contributed by atoms with Gasteiger partial charge in [0.2, 0.25) is 0 Å². The Morgan fingerprint density at radius 3 is 2.68 bits per heavy atom. The van der Waals surface area contributed by atoms with Gasteiger partial charge in [-0.2, -0.15) is 5.26 Å². The van der Waals surface area contributed by atoms with E-state index in [0.717, 1.165) is 16.8 Å². The Hall–Kier alpha value is -2.97. The summed E-state index contributed by atoms with van der Waals surface area (Å²) in [7, 11) is 0. The highest BCUT2D eigenvalue weighted by Crippen LogP contribution is 2.26. The van der Waals surface area contributed by atoms with E-state index in [1.165, 1.54) is 29.0 Å². The number of nitriles is 1. The van der Waals surface area contributed by atoms with Crippen LogP contribution in [0.5, 0.6) is 0 Å². The van der Waals surface area contributed by atoms with E-state index in [4.69, 9.17) is 0 Å². The zero-order valence-corrected chi connectivity index (χ0v) is 14.7. The largest absolute Gasteiger partial charge is 0.360 e. The minimum absolute atomic E-state index is 0.323. The van der Waals surface area contributed by atoms with Gasteiger partial charge in [0, 0.05) is 22.8 Å². The van der Waals surface area contributed by atoms with Gasteiger partial charge >= 0.3 is 0 Å². The van der Waals surface area contributed by atoms with Gasteiger partial charge in [-0.3, -0.25) is 0 Å². The second-order valence-corrected chi connectivity index (χ2v) is 6.54. The number of aryl methyl sites for hydroxylation is 2. The Morgan fingerprint density at radius 1 is 1.20 bits per heavy atom. The molecule has 3 nitrogen and oxygen atoms in total. The summed E-state index contributed by atoms with van der Waals surface area (Å²) >= 11 is 1.41. The number of anilines is 1. The van der Waals surface area contributed by atoms with E-state index < -0.39 is 0 Å². The normalized spacial score (nSPS) is 11.2. The van der Waals surface area contributed by atoms with Crippen molar-refractivity contribution in [1.29, 1.82) is 5.26 Å². The van der Waals surface area contributed by atoms with E-state index in [2.05, 4.69) is 16.4 Å².